The van der Waals surface area contributed by atoms with Gasteiger partial charge in [-0.1, -0.05) is 91.7 Å². The van der Waals surface area contributed by atoms with Crippen molar-refractivity contribution >= 4 is 21.6 Å². The van der Waals surface area contributed by atoms with Crippen LogP contribution in [0.1, 0.15) is 36.1 Å². The van der Waals surface area contributed by atoms with Crippen LogP contribution in [0.5, 0.6) is 5.75 Å². The molecule has 190 valence electrons. The number of sulfonamides is 1. The Balaban J connectivity index is 1.56. The van der Waals surface area contributed by atoms with E-state index in [1.54, 1.807) is 48.5 Å². The van der Waals surface area contributed by atoms with Crippen LogP contribution < -0.4 is 9.04 Å². The summed E-state index contributed by atoms with van der Waals surface area (Å²) in [5, 5.41) is 0. The van der Waals surface area contributed by atoms with Gasteiger partial charge in [-0.25, -0.2) is 8.42 Å². The van der Waals surface area contributed by atoms with Crippen molar-refractivity contribution in [1.29, 1.82) is 0 Å². The number of nitrogens with zero attached hydrogens (tertiary/aromatic N) is 1. The summed E-state index contributed by atoms with van der Waals surface area (Å²) >= 11 is 0. The average molecular weight is 514 g/mol. The molecule has 0 spiro atoms. The second kappa shape index (κ2) is 10.6. The molecular formula is C31H31NO4S. The number of aryl methyl sites for hydroxylation is 2. The molecule has 0 aliphatic rings. The van der Waals surface area contributed by atoms with Crippen molar-refractivity contribution in [2.75, 3.05) is 10.9 Å². The summed E-state index contributed by atoms with van der Waals surface area (Å²) in [6, 6.07) is 31.0. The lowest BCUT2D eigenvalue weighted by atomic mass is 9.78. The minimum atomic E-state index is -4.14. The number of hydrogen-bond acceptors (Lipinski definition) is 4. The fourth-order valence-corrected chi connectivity index (χ4v) is 5.52. The van der Waals surface area contributed by atoms with Gasteiger partial charge in [0.15, 0.2) is 6.61 Å². The molecule has 0 saturated carbocycles. The van der Waals surface area contributed by atoms with Gasteiger partial charge >= 0.3 is 0 Å². The molecule has 0 aromatic heterocycles. The van der Waals surface area contributed by atoms with E-state index in [-0.39, 0.29) is 16.0 Å². The number of carbonyl (C=O) groups is 1. The lowest BCUT2D eigenvalue weighted by molar-refractivity contribution is -0.119. The van der Waals surface area contributed by atoms with Crippen LogP contribution in [0.15, 0.2) is 108 Å². The average Bonchev–Trinajstić information content (AvgIpc) is 2.89. The molecule has 0 unspecified atom stereocenters. The maximum atomic E-state index is 13.5. The fourth-order valence-electron chi connectivity index (χ4n) is 4.11. The number of benzene rings is 4. The number of amides is 1. The third-order valence-corrected chi connectivity index (χ3v) is 8.25. The van der Waals surface area contributed by atoms with Gasteiger partial charge in [-0.3, -0.25) is 4.79 Å². The Morgan fingerprint density at radius 1 is 0.730 bits per heavy atom. The molecule has 0 N–H and O–H groups in total. The van der Waals surface area contributed by atoms with Crippen molar-refractivity contribution < 1.29 is 17.9 Å². The minimum Gasteiger partial charge on any atom is -0.484 e. The first-order chi connectivity index (χ1) is 17.6. The van der Waals surface area contributed by atoms with Crippen molar-refractivity contribution in [3.05, 3.63) is 125 Å². The van der Waals surface area contributed by atoms with Crippen LogP contribution >= 0.6 is 0 Å². The van der Waals surface area contributed by atoms with E-state index in [9.17, 15) is 13.2 Å². The molecule has 0 saturated heterocycles. The van der Waals surface area contributed by atoms with Crippen LogP contribution in [-0.4, -0.2) is 20.9 Å². The lowest BCUT2D eigenvalue weighted by Crippen LogP contribution is -2.40. The Morgan fingerprint density at radius 3 is 1.81 bits per heavy atom. The van der Waals surface area contributed by atoms with Crippen molar-refractivity contribution in [3.8, 4) is 5.75 Å². The molecule has 5 nitrogen and oxygen atoms in total. The van der Waals surface area contributed by atoms with Gasteiger partial charge in [0.25, 0.3) is 15.9 Å². The number of anilines is 1. The minimum absolute atomic E-state index is 0.0412. The second-order valence-corrected chi connectivity index (χ2v) is 11.4. The molecule has 0 aliphatic heterocycles. The topological polar surface area (TPSA) is 63.7 Å². The first kappa shape index (κ1) is 26.2. The van der Waals surface area contributed by atoms with Crippen molar-refractivity contribution in [1.82, 2.24) is 0 Å². The predicted octanol–water partition coefficient (Wildman–Crippen LogP) is 6.43. The van der Waals surface area contributed by atoms with Crippen LogP contribution in [-0.2, 0) is 20.2 Å². The lowest BCUT2D eigenvalue weighted by Gasteiger charge is -2.26. The highest BCUT2D eigenvalue weighted by atomic mass is 32.2. The molecule has 0 bridgehead atoms. The van der Waals surface area contributed by atoms with Crippen LogP contribution in [0, 0.1) is 13.8 Å². The third kappa shape index (κ3) is 5.75. The zero-order chi connectivity index (χ0) is 26.6. The second-order valence-electron chi connectivity index (χ2n) is 9.62. The molecule has 0 radical (unpaired) electrons. The van der Waals surface area contributed by atoms with Gasteiger partial charge in [0.05, 0.1) is 10.6 Å². The van der Waals surface area contributed by atoms with E-state index in [0.29, 0.717) is 5.75 Å². The van der Waals surface area contributed by atoms with Crippen molar-refractivity contribution in [2.45, 2.75) is 38.0 Å². The van der Waals surface area contributed by atoms with E-state index in [0.717, 1.165) is 21.0 Å². The quantitative estimate of drug-likeness (QED) is 0.272. The molecule has 0 aliphatic carbocycles. The van der Waals surface area contributed by atoms with Crippen LogP contribution in [0.4, 0.5) is 5.69 Å². The molecule has 0 heterocycles. The number of ether oxygens (including phenoxy) is 1. The van der Waals surface area contributed by atoms with Gasteiger partial charge in [0.1, 0.15) is 5.75 Å². The molecule has 0 atom stereocenters. The van der Waals surface area contributed by atoms with Crippen LogP contribution in [0.25, 0.3) is 0 Å². The first-order valence-electron chi connectivity index (χ1n) is 12.1. The van der Waals surface area contributed by atoms with Crippen molar-refractivity contribution in [3.63, 3.8) is 0 Å². The molecule has 1 amide bonds. The monoisotopic (exact) mass is 513 g/mol. The first-order valence-corrected chi connectivity index (χ1v) is 13.5. The van der Waals surface area contributed by atoms with Gasteiger partial charge in [-0.2, -0.15) is 4.31 Å². The molecule has 4 aromatic rings. The summed E-state index contributed by atoms with van der Waals surface area (Å²) in [6.45, 7) is 7.64. The molecule has 4 rings (SSSR count). The van der Waals surface area contributed by atoms with Gasteiger partial charge in [0.2, 0.25) is 0 Å². The summed E-state index contributed by atoms with van der Waals surface area (Å²) in [4.78, 5) is 13.4. The summed E-state index contributed by atoms with van der Waals surface area (Å²) in [6.07, 6.45) is 0. The maximum Gasteiger partial charge on any atom is 0.278 e. The van der Waals surface area contributed by atoms with Crippen LogP contribution in [0.2, 0.25) is 0 Å². The smallest absolute Gasteiger partial charge is 0.278 e. The number of rotatable bonds is 8. The molecule has 6 heteroatoms. The summed E-state index contributed by atoms with van der Waals surface area (Å²) in [5.41, 5.74) is 4.22. The zero-order valence-electron chi connectivity index (χ0n) is 21.5. The molecule has 0 fully saturated rings. The SMILES string of the molecule is Cc1ccc(N(C(=O)COc2ccc(C(C)(C)c3ccccc3)cc2)S(=O)(=O)c2ccc(C)cc2)cc1. The van der Waals surface area contributed by atoms with E-state index in [1.165, 1.54) is 17.7 Å². The highest BCUT2D eigenvalue weighted by Gasteiger charge is 2.31. The molecule has 37 heavy (non-hydrogen) atoms. The largest absolute Gasteiger partial charge is 0.484 e. The number of hydrogen-bond donors (Lipinski definition) is 0. The molecular weight excluding hydrogens is 482 g/mol. The van der Waals surface area contributed by atoms with Gasteiger partial charge in [-0.15, -0.1) is 0 Å². The zero-order valence-corrected chi connectivity index (χ0v) is 22.3. The Morgan fingerprint density at radius 2 is 1.24 bits per heavy atom. The summed E-state index contributed by atoms with van der Waals surface area (Å²) in [5.74, 6) is -0.198. The van der Waals surface area contributed by atoms with E-state index < -0.39 is 22.5 Å². The normalized spacial score (nSPS) is 11.7. The highest BCUT2D eigenvalue weighted by molar-refractivity contribution is 7.93. The van der Waals surface area contributed by atoms with Gasteiger partial charge in [0, 0.05) is 5.41 Å². The summed E-state index contributed by atoms with van der Waals surface area (Å²) in [7, 11) is -4.14. The third-order valence-electron chi connectivity index (χ3n) is 6.49. The Kier molecular flexibility index (Phi) is 7.50. The molecule has 4 aromatic carbocycles. The van der Waals surface area contributed by atoms with E-state index >= 15 is 0 Å². The van der Waals surface area contributed by atoms with Gasteiger partial charge < -0.3 is 4.74 Å². The summed E-state index contributed by atoms with van der Waals surface area (Å²) < 4.78 is 33.6. The van der Waals surface area contributed by atoms with Crippen molar-refractivity contribution in [2.24, 2.45) is 0 Å². The fraction of sp³-hybridized carbons (Fsp3) is 0.194. The van der Waals surface area contributed by atoms with Crippen LogP contribution in [0.3, 0.4) is 0 Å². The Hall–Kier alpha value is -3.90. The Bertz CT molecular complexity index is 1460. The van der Waals surface area contributed by atoms with E-state index in [1.807, 2.05) is 44.2 Å². The van der Waals surface area contributed by atoms with E-state index in [4.69, 9.17) is 4.74 Å². The highest BCUT2D eigenvalue weighted by Crippen LogP contribution is 2.32. The standard InChI is InChI=1S/C31H31NO4S/c1-23-10-16-27(17-11-23)32(37(34,35)29-20-12-24(2)13-21-29)30(33)22-36-28-18-14-26(15-19-28)31(3,4)25-8-6-5-7-9-25/h5-21H,22H2,1-4H3. The Labute approximate surface area is 219 Å². The van der Waals surface area contributed by atoms with E-state index in [2.05, 4.69) is 26.0 Å². The number of carbonyl (C=O) groups excluding carboxylic acids is 1. The van der Waals surface area contributed by atoms with Gasteiger partial charge in [-0.05, 0) is 61.4 Å². The predicted molar refractivity (Wildman–Crippen MR) is 148 cm³/mol. The maximum absolute atomic E-state index is 13.5.